The van der Waals surface area contributed by atoms with Crippen LogP contribution in [0.3, 0.4) is 0 Å². The van der Waals surface area contributed by atoms with Gasteiger partial charge in [0.15, 0.2) is 5.76 Å². The molecule has 110 valence electrons. The van der Waals surface area contributed by atoms with E-state index < -0.39 is 0 Å². The zero-order chi connectivity index (χ0) is 15.1. The van der Waals surface area contributed by atoms with Crippen LogP contribution in [0.25, 0.3) is 22.6 Å². The van der Waals surface area contributed by atoms with E-state index >= 15 is 0 Å². The van der Waals surface area contributed by atoms with Gasteiger partial charge in [-0.15, -0.1) is 0 Å². The Hall–Kier alpha value is -2.96. The minimum atomic E-state index is -0.0271. The van der Waals surface area contributed by atoms with Crippen molar-refractivity contribution in [3.8, 4) is 11.6 Å². The number of aromatic nitrogens is 2. The summed E-state index contributed by atoms with van der Waals surface area (Å²) in [7, 11) is 1.61. The fraction of sp³-hybridized carbons (Fsp3) is 0.200. The molecule has 0 unspecified atom stereocenters. The molecule has 4 rings (SSSR count). The first-order valence-electron chi connectivity index (χ1n) is 6.88. The molecule has 0 radical (unpaired) electrons. The second-order valence-electron chi connectivity index (χ2n) is 5.04. The summed E-state index contributed by atoms with van der Waals surface area (Å²) in [6.45, 7) is 0. The number of carbonyl (C=O) groups is 1. The van der Waals surface area contributed by atoms with Crippen LogP contribution in [0.5, 0.6) is 0 Å². The van der Waals surface area contributed by atoms with E-state index in [1.165, 1.54) is 5.01 Å². The highest BCUT2D eigenvalue weighted by Gasteiger charge is 2.23. The van der Waals surface area contributed by atoms with Crippen LogP contribution in [0.1, 0.15) is 18.7 Å². The van der Waals surface area contributed by atoms with Gasteiger partial charge in [-0.05, 0) is 12.1 Å². The van der Waals surface area contributed by atoms with Crippen LogP contribution in [-0.2, 0) is 4.79 Å². The molecule has 22 heavy (non-hydrogen) atoms. The fourth-order valence-electron chi connectivity index (χ4n) is 2.36. The molecule has 0 spiro atoms. The summed E-state index contributed by atoms with van der Waals surface area (Å²) in [5.74, 6) is 1.20. The molecule has 0 fully saturated rings. The van der Waals surface area contributed by atoms with Crippen molar-refractivity contribution in [1.82, 2.24) is 15.1 Å². The number of amides is 1. The molecule has 3 aromatic rings. The maximum atomic E-state index is 11.4. The van der Waals surface area contributed by atoms with Crippen LogP contribution in [-0.4, -0.2) is 33.8 Å². The molecule has 7 heteroatoms. The summed E-state index contributed by atoms with van der Waals surface area (Å²) < 4.78 is 11.0. The summed E-state index contributed by atoms with van der Waals surface area (Å²) in [4.78, 5) is 15.8. The summed E-state index contributed by atoms with van der Waals surface area (Å²) in [5, 5.41) is 10.4. The van der Waals surface area contributed by atoms with E-state index in [9.17, 15) is 4.79 Å². The van der Waals surface area contributed by atoms with Crippen molar-refractivity contribution in [3.05, 3.63) is 36.2 Å². The number of rotatable bonds is 2. The maximum absolute atomic E-state index is 11.4. The molecule has 1 aliphatic rings. The number of para-hydroxylation sites is 1. The molecular formula is C15H12N4O3. The second-order valence-corrected chi connectivity index (χ2v) is 5.04. The van der Waals surface area contributed by atoms with Gasteiger partial charge in [0.05, 0.1) is 0 Å². The number of benzene rings is 1. The Morgan fingerprint density at radius 2 is 2.09 bits per heavy atom. The minimum Gasteiger partial charge on any atom is -0.453 e. The first kappa shape index (κ1) is 12.8. The van der Waals surface area contributed by atoms with Gasteiger partial charge in [0.1, 0.15) is 11.3 Å². The summed E-state index contributed by atoms with van der Waals surface area (Å²) >= 11 is 0. The largest absolute Gasteiger partial charge is 0.453 e. The van der Waals surface area contributed by atoms with Crippen molar-refractivity contribution in [2.24, 2.45) is 5.10 Å². The predicted octanol–water partition coefficient (Wildman–Crippen LogP) is 2.44. The molecule has 0 N–H and O–H groups in total. The SMILES string of the molecule is CN1N=C(c2nc(-c3cc4ccccc4o3)no2)CCC1=O. The number of hydrogen-bond donors (Lipinski definition) is 0. The third kappa shape index (κ3) is 2.07. The van der Waals surface area contributed by atoms with Crippen molar-refractivity contribution in [3.63, 3.8) is 0 Å². The van der Waals surface area contributed by atoms with Crippen LogP contribution in [0.4, 0.5) is 0 Å². The summed E-state index contributed by atoms with van der Waals surface area (Å²) in [6, 6.07) is 9.54. The summed E-state index contributed by atoms with van der Waals surface area (Å²) in [5.41, 5.74) is 1.38. The molecule has 7 nitrogen and oxygen atoms in total. The van der Waals surface area contributed by atoms with Crippen molar-refractivity contribution < 1.29 is 13.7 Å². The lowest BCUT2D eigenvalue weighted by molar-refractivity contribution is -0.130. The molecule has 0 atom stereocenters. The molecular weight excluding hydrogens is 284 g/mol. The van der Waals surface area contributed by atoms with Gasteiger partial charge in [0.25, 0.3) is 5.89 Å². The highest BCUT2D eigenvalue weighted by atomic mass is 16.5. The average Bonchev–Trinajstić information content (AvgIpc) is 3.15. The number of nitrogens with zero attached hydrogens (tertiary/aromatic N) is 4. The third-order valence-electron chi connectivity index (χ3n) is 3.53. The lowest BCUT2D eigenvalue weighted by Gasteiger charge is -2.17. The highest BCUT2D eigenvalue weighted by Crippen LogP contribution is 2.26. The molecule has 1 aliphatic heterocycles. The number of furan rings is 1. The van der Waals surface area contributed by atoms with Crippen molar-refractivity contribution in [2.75, 3.05) is 7.05 Å². The Balaban J connectivity index is 1.69. The topological polar surface area (TPSA) is 84.7 Å². The van der Waals surface area contributed by atoms with E-state index in [1.807, 2.05) is 30.3 Å². The average molecular weight is 296 g/mol. The van der Waals surface area contributed by atoms with E-state index in [-0.39, 0.29) is 5.91 Å². The standard InChI is InChI=1S/C15H12N4O3/c1-19-13(20)7-6-10(17-19)15-16-14(18-22-15)12-8-9-4-2-3-5-11(9)21-12/h2-5,8H,6-7H2,1H3. The maximum Gasteiger partial charge on any atom is 0.274 e. The van der Waals surface area contributed by atoms with Crippen LogP contribution in [0.2, 0.25) is 0 Å². The molecule has 2 aromatic heterocycles. The zero-order valence-electron chi connectivity index (χ0n) is 11.8. The van der Waals surface area contributed by atoms with Gasteiger partial charge < -0.3 is 8.94 Å². The van der Waals surface area contributed by atoms with E-state index in [0.29, 0.717) is 36.0 Å². The first-order valence-corrected chi connectivity index (χ1v) is 6.88. The molecule has 0 bridgehead atoms. The summed E-state index contributed by atoms with van der Waals surface area (Å²) in [6.07, 6.45) is 0.878. The Morgan fingerprint density at radius 3 is 2.91 bits per heavy atom. The molecule has 0 saturated carbocycles. The van der Waals surface area contributed by atoms with E-state index in [2.05, 4.69) is 15.2 Å². The van der Waals surface area contributed by atoms with Gasteiger partial charge in [0, 0.05) is 25.3 Å². The number of hydrazone groups is 1. The van der Waals surface area contributed by atoms with Crippen molar-refractivity contribution >= 4 is 22.6 Å². The smallest absolute Gasteiger partial charge is 0.274 e. The molecule has 0 aliphatic carbocycles. The van der Waals surface area contributed by atoms with Crippen LogP contribution >= 0.6 is 0 Å². The monoisotopic (exact) mass is 296 g/mol. The minimum absolute atomic E-state index is 0.0271. The quantitative estimate of drug-likeness (QED) is 0.725. The van der Waals surface area contributed by atoms with Gasteiger partial charge in [-0.2, -0.15) is 10.1 Å². The van der Waals surface area contributed by atoms with Crippen molar-refractivity contribution in [2.45, 2.75) is 12.8 Å². The number of fused-ring (bicyclic) bond motifs is 1. The van der Waals surface area contributed by atoms with Gasteiger partial charge in [-0.1, -0.05) is 23.4 Å². The van der Waals surface area contributed by atoms with Gasteiger partial charge >= 0.3 is 0 Å². The zero-order valence-corrected chi connectivity index (χ0v) is 11.8. The van der Waals surface area contributed by atoms with Crippen LogP contribution < -0.4 is 0 Å². The Bertz CT molecular complexity index is 860. The Labute approximate surface area is 125 Å². The third-order valence-corrected chi connectivity index (χ3v) is 3.53. The van der Waals surface area contributed by atoms with Crippen LogP contribution in [0.15, 0.2) is 44.4 Å². The van der Waals surface area contributed by atoms with Gasteiger partial charge in [-0.3, -0.25) is 4.79 Å². The van der Waals surface area contributed by atoms with Gasteiger partial charge in [0.2, 0.25) is 11.7 Å². The van der Waals surface area contributed by atoms with E-state index in [4.69, 9.17) is 8.94 Å². The van der Waals surface area contributed by atoms with E-state index in [1.54, 1.807) is 7.05 Å². The highest BCUT2D eigenvalue weighted by molar-refractivity contribution is 6.01. The van der Waals surface area contributed by atoms with Gasteiger partial charge in [-0.25, -0.2) is 5.01 Å². The fourth-order valence-corrected chi connectivity index (χ4v) is 2.36. The normalized spacial score (nSPS) is 15.4. The first-order chi connectivity index (χ1) is 10.7. The molecule has 3 heterocycles. The molecule has 1 aromatic carbocycles. The van der Waals surface area contributed by atoms with E-state index in [0.717, 1.165) is 11.0 Å². The number of hydrogen-bond acceptors (Lipinski definition) is 6. The Kier molecular flexibility index (Phi) is 2.78. The van der Waals surface area contributed by atoms with Crippen molar-refractivity contribution in [1.29, 1.82) is 0 Å². The molecule has 1 amide bonds. The van der Waals surface area contributed by atoms with Crippen LogP contribution in [0, 0.1) is 0 Å². The Morgan fingerprint density at radius 1 is 1.23 bits per heavy atom. The number of carbonyl (C=O) groups excluding carboxylic acids is 1. The lowest BCUT2D eigenvalue weighted by atomic mass is 10.2. The predicted molar refractivity (Wildman–Crippen MR) is 78.0 cm³/mol. The lowest BCUT2D eigenvalue weighted by Crippen LogP contribution is -2.28. The second kappa shape index (κ2) is 4.80. The molecule has 0 saturated heterocycles.